The van der Waals surface area contributed by atoms with E-state index >= 15 is 0 Å². The van der Waals surface area contributed by atoms with Crippen LogP contribution in [0.4, 0.5) is 0 Å². The van der Waals surface area contributed by atoms with E-state index in [1.165, 1.54) is 39.5 Å². The molecule has 0 aromatic carbocycles. The van der Waals surface area contributed by atoms with Crippen LogP contribution in [0.3, 0.4) is 0 Å². The maximum atomic E-state index is 11.5. The Morgan fingerprint density at radius 2 is 1.28 bits per heavy atom. The molecule has 1 aliphatic heterocycles. The predicted molar refractivity (Wildman–Crippen MR) is 85.5 cm³/mol. The van der Waals surface area contributed by atoms with Crippen molar-refractivity contribution in [2.75, 3.05) is 12.9 Å². The molecule has 0 bridgehead atoms. The molecule has 142 valence electrons. The molecule has 5 atom stereocenters. The lowest BCUT2D eigenvalue weighted by atomic mass is 9.99. The third-order valence-electron chi connectivity index (χ3n) is 3.18. The molecule has 1 aliphatic rings. The molecule has 25 heavy (non-hydrogen) atoms. The minimum atomic E-state index is -1.10. The number of carbonyl (C=O) groups excluding carboxylic acids is 4. The van der Waals surface area contributed by atoms with Crippen LogP contribution < -0.4 is 0 Å². The molecule has 1 rings (SSSR count). The third-order valence-corrected chi connectivity index (χ3v) is 4.02. The van der Waals surface area contributed by atoms with E-state index in [4.69, 9.17) is 23.7 Å². The molecule has 0 unspecified atom stereocenters. The van der Waals surface area contributed by atoms with Crippen molar-refractivity contribution in [2.24, 2.45) is 0 Å². The van der Waals surface area contributed by atoms with Crippen molar-refractivity contribution < 1.29 is 42.9 Å². The van der Waals surface area contributed by atoms with Crippen molar-refractivity contribution in [1.29, 1.82) is 0 Å². The first-order valence-corrected chi connectivity index (χ1v) is 8.77. The summed E-state index contributed by atoms with van der Waals surface area (Å²) < 4.78 is 26.4. The summed E-state index contributed by atoms with van der Waals surface area (Å²) in [6, 6.07) is 0. The molecule has 1 saturated heterocycles. The number of hydrogen-bond acceptors (Lipinski definition) is 10. The highest BCUT2D eigenvalue weighted by molar-refractivity contribution is 7.99. The quantitative estimate of drug-likeness (QED) is 0.476. The van der Waals surface area contributed by atoms with E-state index in [1.807, 2.05) is 0 Å². The van der Waals surface area contributed by atoms with Crippen molar-refractivity contribution in [3.05, 3.63) is 0 Å². The second kappa shape index (κ2) is 9.62. The van der Waals surface area contributed by atoms with Gasteiger partial charge in [0.1, 0.15) is 18.1 Å². The highest BCUT2D eigenvalue weighted by atomic mass is 32.2. The second-order valence-electron chi connectivity index (χ2n) is 5.30. The lowest BCUT2D eigenvalue weighted by molar-refractivity contribution is -0.237. The van der Waals surface area contributed by atoms with Crippen LogP contribution in [-0.2, 0) is 42.9 Å². The van der Waals surface area contributed by atoms with E-state index in [1.54, 1.807) is 6.26 Å². The van der Waals surface area contributed by atoms with Gasteiger partial charge in [0, 0.05) is 27.7 Å². The normalized spacial score (nSPS) is 28.6. The molecule has 0 amide bonds. The molecule has 0 radical (unpaired) electrons. The first kappa shape index (κ1) is 21.2. The van der Waals surface area contributed by atoms with Crippen molar-refractivity contribution in [3.63, 3.8) is 0 Å². The lowest BCUT2D eigenvalue weighted by Crippen LogP contribution is -2.61. The Bertz CT molecular complexity index is 521. The number of rotatable bonds is 6. The largest absolute Gasteiger partial charge is 0.463 e. The Morgan fingerprint density at radius 3 is 1.72 bits per heavy atom. The summed E-state index contributed by atoms with van der Waals surface area (Å²) in [5.41, 5.74) is -0.708. The number of esters is 4. The van der Waals surface area contributed by atoms with Gasteiger partial charge in [-0.25, -0.2) is 0 Å². The highest BCUT2D eigenvalue weighted by Gasteiger charge is 2.51. The summed E-state index contributed by atoms with van der Waals surface area (Å²) in [4.78, 5) is 45.5. The molecule has 1 heterocycles. The van der Waals surface area contributed by atoms with Gasteiger partial charge >= 0.3 is 23.9 Å². The zero-order valence-electron chi connectivity index (χ0n) is 14.7. The van der Waals surface area contributed by atoms with Crippen molar-refractivity contribution >= 4 is 35.6 Å². The van der Waals surface area contributed by atoms with E-state index in [0.29, 0.717) is 0 Å². The van der Waals surface area contributed by atoms with Crippen LogP contribution in [-0.4, -0.2) is 66.6 Å². The molecule has 1 fully saturated rings. The summed E-state index contributed by atoms with van der Waals surface area (Å²) in [6.07, 6.45) is -2.37. The first-order valence-electron chi connectivity index (χ1n) is 7.49. The summed E-state index contributed by atoms with van der Waals surface area (Å²) in [5.74, 6) is -2.45. The fourth-order valence-corrected chi connectivity index (χ4v) is 3.11. The maximum absolute atomic E-state index is 11.5. The Kier molecular flexibility index (Phi) is 8.17. The molecule has 0 saturated carbocycles. The molecule has 0 aromatic heterocycles. The zero-order valence-corrected chi connectivity index (χ0v) is 15.5. The Morgan fingerprint density at radius 1 is 0.800 bits per heavy atom. The average molecular weight is 378 g/mol. The standard InChI is InChI=1S/C15H22O9S/c1-7(16)20-6-11-12(21-8(2)17)13(22-9(3)18)14(23-10(4)19)15(24-11)25-5/h11-15H,6H2,1-5H3/t11-,12+,13+,14-,15+/m1/s1. The Balaban J connectivity index is 3.18. The van der Waals surface area contributed by atoms with Crippen molar-refractivity contribution in [1.82, 2.24) is 0 Å². The summed E-state index contributed by atoms with van der Waals surface area (Å²) in [7, 11) is 0. The van der Waals surface area contributed by atoms with Crippen LogP contribution in [0.15, 0.2) is 0 Å². The maximum Gasteiger partial charge on any atom is 0.303 e. The average Bonchev–Trinajstić information content (AvgIpc) is 2.48. The van der Waals surface area contributed by atoms with Gasteiger partial charge in [0.15, 0.2) is 18.3 Å². The molecular formula is C15H22O9S. The van der Waals surface area contributed by atoms with Crippen LogP contribution >= 0.6 is 11.8 Å². The van der Waals surface area contributed by atoms with E-state index in [0.717, 1.165) is 0 Å². The molecule has 0 aromatic rings. The third kappa shape index (κ3) is 6.54. The summed E-state index contributed by atoms with van der Waals surface area (Å²) in [6.45, 7) is 4.57. The summed E-state index contributed by atoms with van der Waals surface area (Å²) >= 11 is 1.21. The van der Waals surface area contributed by atoms with Gasteiger partial charge in [-0.1, -0.05) is 0 Å². The van der Waals surface area contributed by atoms with Gasteiger partial charge in [0.25, 0.3) is 0 Å². The van der Waals surface area contributed by atoms with Crippen LogP contribution in [0.25, 0.3) is 0 Å². The first-order chi connectivity index (χ1) is 11.6. The van der Waals surface area contributed by atoms with E-state index in [9.17, 15) is 19.2 Å². The van der Waals surface area contributed by atoms with E-state index in [-0.39, 0.29) is 6.61 Å². The van der Waals surface area contributed by atoms with Gasteiger partial charge < -0.3 is 23.7 Å². The fraction of sp³-hybridized carbons (Fsp3) is 0.733. The predicted octanol–water partition coefficient (Wildman–Crippen LogP) is 0.432. The van der Waals surface area contributed by atoms with E-state index < -0.39 is 53.7 Å². The van der Waals surface area contributed by atoms with Crippen molar-refractivity contribution in [3.8, 4) is 0 Å². The SMILES string of the molecule is CS[C@@H]1O[C@H](COC(C)=O)[C@H](OC(C)=O)[C@H](OC(C)=O)[C@H]1OC(C)=O. The number of thioether (sulfide) groups is 1. The van der Waals surface area contributed by atoms with Crippen LogP contribution in [0.1, 0.15) is 27.7 Å². The van der Waals surface area contributed by atoms with Gasteiger partial charge in [0.05, 0.1) is 0 Å². The van der Waals surface area contributed by atoms with Gasteiger partial charge in [-0.15, -0.1) is 11.8 Å². The molecule has 10 heteroatoms. The minimum Gasteiger partial charge on any atom is -0.463 e. The van der Waals surface area contributed by atoms with Crippen molar-refractivity contribution in [2.45, 2.75) is 57.5 Å². The zero-order chi connectivity index (χ0) is 19.1. The van der Waals surface area contributed by atoms with Gasteiger partial charge in [-0.2, -0.15) is 0 Å². The van der Waals surface area contributed by atoms with Gasteiger partial charge in [-0.05, 0) is 6.26 Å². The van der Waals surface area contributed by atoms with Gasteiger partial charge in [-0.3, -0.25) is 19.2 Å². The molecule has 0 N–H and O–H groups in total. The number of carbonyl (C=O) groups is 4. The molecule has 0 aliphatic carbocycles. The highest BCUT2D eigenvalue weighted by Crippen LogP contribution is 2.33. The van der Waals surface area contributed by atoms with Gasteiger partial charge in [0.2, 0.25) is 0 Å². The second-order valence-corrected chi connectivity index (χ2v) is 6.24. The Labute approximate surface area is 149 Å². The Hall–Kier alpha value is -1.81. The molecular weight excluding hydrogens is 356 g/mol. The van der Waals surface area contributed by atoms with Crippen LogP contribution in [0.2, 0.25) is 0 Å². The number of hydrogen-bond donors (Lipinski definition) is 0. The van der Waals surface area contributed by atoms with Crippen LogP contribution in [0, 0.1) is 0 Å². The topological polar surface area (TPSA) is 114 Å². The minimum absolute atomic E-state index is 0.213. The van der Waals surface area contributed by atoms with E-state index in [2.05, 4.69) is 0 Å². The lowest BCUT2D eigenvalue weighted by Gasteiger charge is -2.43. The number of ether oxygens (including phenoxy) is 5. The molecule has 0 spiro atoms. The van der Waals surface area contributed by atoms with Crippen LogP contribution in [0.5, 0.6) is 0 Å². The monoisotopic (exact) mass is 378 g/mol. The fourth-order valence-electron chi connectivity index (χ4n) is 2.38. The molecule has 9 nitrogen and oxygen atoms in total. The summed E-state index contributed by atoms with van der Waals surface area (Å²) in [5, 5.41) is 0. The smallest absolute Gasteiger partial charge is 0.303 e.